The van der Waals surface area contributed by atoms with Crippen molar-refractivity contribution >= 4 is 81.2 Å². The average Bonchev–Trinajstić information content (AvgIpc) is 3.16. The van der Waals surface area contributed by atoms with E-state index in [0.717, 1.165) is 6.07 Å². The fraction of sp³-hybridized carbons (Fsp3) is 0.0952. The van der Waals surface area contributed by atoms with Crippen molar-refractivity contribution in [3.8, 4) is 0 Å². The molecule has 6 aromatic rings. The van der Waals surface area contributed by atoms with E-state index in [9.17, 15) is 32.3 Å². The second-order valence-corrected chi connectivity index (χ2v) is 13.1. The molecule has 0 radical (unpaired) electrons. The van der Waals surface area contributed by atoms with Crippen LogP contribution >= 0.6 is 23.2 Å². The van der Waals surface area contributed by atoms with Crippen molar-refractivity contribution in [3.05, 3.63) is 166 Å². The number of hydrogen-bond acceptors (Lipinski definition) is 6. The van der Waals surface area contributed by atoms with Crippen molar-refractivity contribution in [2.24, 2.45) is 0 Å². The summed E-state index contributed by atoms with van der Waals surface area (Å²) in [6.45, 7) is 2.74. The Labute approximate surface area is 335 Å². The van der Waals surface area contributed by atoms with Crippen molar-refractivity contribution in [3.63, 3.8) is 0 Å². The smallest absolute Gasteiger partial charge is 0.229 e. The fourth-order valence-electron chi connectivity index (χ4n) is 5.43. The Kier molecular flexibility index (Phi) is 14.1. The van der Waals surface area contributed by atoms with E-state index in [0.29, 0.717) is 44.7 Å². The summed E-state index contributed by atoms with van der Waals surface area (Å²) in [6.07, 6.45) is 2.99. The maximum atomic E-state index is 13.2. The van der Waals surface area contributed by atoms with E-state index in [4.69, 9.17) is 23.2 Å². The quantitative estimate of drug-likeness (QED) is 0.142. The molecule has 0 saturated heterocycles. The van der Waals surface area contributed by atoms with Crippen LogP contribution in [0.3, 0.4) is 0 Å². The second-order valence-electron chi connectivity index (χ2n) is 12.2. The number of hydrogen-bond donors (Lipinski definition) is 2. The highest BCUT2D eigenvalue weighted by Crippen LogP contribution is 2.28. The molecule has 10 nitrogen and oxygen atoms in total. The van der Waals surface area contributed by atoms with Gasteiger partial charge in [0.1, 0.15) is 29.1 Å². The van der Waals surface area contributed by atoms with E-state index >= 15 is 0 Å². The first-order chi connectivity index (χ1) is 27.3. The lowest BCUT2D eigenvalue weighted by molar-refractivity contribution is -0.116. The fourth-order valence-corrected chi connectivity index (χ4v) is 5.87. The normalized spacial score (nSPS) is 10.4. The van der Waals surface area contributed by atoms with E-state index in [1.165, 1.54) is 103 Å². The van der Waals surface area contributed by atoms with Crippen LogP contribution in [-0.2, 0) is 32.0 Å². The summed E-state index contributed by atoms with van der Waals surface area (Å²) in [6, 6.07) is 28.1. The molecule has 0 atom stereocenters. The topological polar surface area (TPSA) is 125 Å². The van der Waals surface area contributed by atoms with E-state index in [-0.39, 0.29) is 47.3 Å². The van der Waals surface area contributed by atoms with Gasteiger partial charge in [-0.15, -0.1) is 0 Å². The predicted molar refractivity (Wildman–Crippen MR) is 214 cm³/mol. The van der Waals surface area contributed by atoms with Gasteiger partial charge in [0.2, 0.25) is 23.6 Å². The van der Waals surface area contributed by atoms with Gasteiger partial charge >= 0.3 is 0 Å². The van der Waals surface area contributed by atoms with Gasteiger partial charge < -0.3 is 10.6 Å². The summed E-state index contributed by atoms with van der Waals surface area (Å²) in [5.41, 5.74) is 3.00. The molecule has 0 spiro atoms. The number of pyridine rings is 2. The van der Waals surface area contributed by atoms with E-state index in [1.54, 1.807) is 36.4 Å². The molecule has 6 rings (SSSR count). The van der Waals surface area contributed by atoms with Gasteiger partial charge in [-0.1, -0.05) is 47.5 Å². The van der Waals surface area contributed by atoms with Gasteiger partial charge in [-0.3, -0.25) is 29.0 Å². The Morgan fingerprint density at radius 3 is 1.39 bits per heavy atom. The van der Waals surface area contributed by atoms with Crippen molar-refractivity contribution in [2.75, 3.05) is 20.4 Å². The van der Waals surface area contributed by atoms with Gasteiger partial charge in [-0.05, 0) is 90.0 Å². The maximum Gasteiger partial charge on any atom is 0.229 e. The number of carbonyl (C=O) groups excluding carboxylic acids is 4. The molecule has 4 amide bonds. The minimum Gasteiger partial charge on any atom is -0.326 e. The monoisotopic (exact) mass is 812 g/mol. The summed E-state index contributed by atoms with van der Waals surface area (Å²) in [7, 11) is 0. The van der Waals surface area contributed by atoms with Crippen LogP contribution in [0.15, 0.2) is 128 Å². The Morgan fingerprint density at radius 1 is 0.544 bits per heavy atom. The number of amides is 4. The molecule has 0 bridgehead atoms. The summed E-state index contributed by atoms with van der Waals surface area (Å²) < 4.78 is 39.5. The van der Waals surface area contributed by atoms with E-state index < -0.39 is 17.5 Å². The Balaban J connectivity index is 0.000000218. The highest BCUT2D eigenvalue weighted by Gasteiger charge is 2.18. The number of carbonyl (C=O) groups is 4. The zero-order valence-electron chi connectivity index (χ0n) is 30.4. The lowest BCUT2D eigenvalue weighted by Crippen LogP contribution is -2.24. The number of nitrogens with one attached hydrogen (secondary N) is 2. The van der Waals surface area contributed by atoms with Crippen LogP contribution in [-0.4, -0.2) is 33.6 Å². The van der Waals surface area contributed by atoms with Crippen LogP contribution in [0.25, 0.3) is 0 Å². The standard InChI is InChI=1S/C21H16ClF2N3O2.C21H17ClFN3O2/c1-13(28)27(18-6-4-15(23)5-7-18)20-12-17(8-9-25-20)26-21(29)10-14-2-3-16(24)11-19(14)22;1-14(27)26(18-8-6-16(23)7-9-18)20-13-17(10-11-24-20)25-21(28)12-15-4-2-3-5-19(15)22/h2-9,11-12H,10H2,1H3,(H,25,26,29);2-11,13H,12H2,1H3,(H,24,25,28). The SMILES string of the molecule is CC(=O)N(c1ccc(F)cc1)c1cc(NC(=O)Cc2ccc(F)cc2Cl)ccn1.CC(=O)N(c1ccc(F)cc1)c1cc(NC(=O)Cc2ccccc2Cl)ccn1. The van der Waals surface area contributed by atoms with E-state index in [2.05, 4.69) is 20.6 Å². The van der Waals surface area contributed by atoms with Crippen LogP contribution in [0, 0.1) is 17.5 Å². The molecule has 57 heavy (non-hydrogen) atoms. The van der Waals surface area contributed by atoms with Crippen molar-refractivity contribution in [1.82, 2.24) is 9.97 Å². The van der Waals surface area contributed by atoms with Gasteiger partial charge in [-0.2, -0.15) is 0 Å². The van der Waals surface area contributed by atoms with Crippen LogP contribution < -0.4 is 20.4 Å². The number of rotatable bonds is 10. The molecule has 0 aliphatic rings. The van der Waals surface area contributed by atoms with Gasteiger partial charge in [0.15, 0.2) is 0 Å². The highest BCUT2D eigenvalue weighted by molar-refractivity contribution is 6.32. The second kappa shape index (κ2) is 19.3. The number of nitrogens with zero attached hydrogens (tertiary/aromatic N) is 4. The molecule has 0 unspecified atom stereocenters. The minimum absolute atomic E-state index is 0.0504. The average molecular weight is 814 g/mol. The molecule has 0 fully saturated rings. The Morgan fingerprint density at radius 2 is 0.965 bits per heavy atom. The first-order valence-corrected chi connectivity index (χ1v) is 17.8. The number of aromatic nitrogens is 2. The van der Waals surface area contributed by atoms with Gasteiger partial charge in [0, 0.05) is 59.8 Å². The van der Waals surface area contributed by atoms with Crippen LogP contribution in [0.5, 0.6) is 0 Å². The van der Waals surface area contributed by atoms with Crippen molar-refractivity contribution in [1.29, 1.82) is 0 Å². The van der Waals surface area contributed by atoms with Crippen LogP contribution in [0.4, 0.5) is 47.6 Å². The summed E-state index contributed by atoms with van der Waals surface area (Å²) in [5.74, 6) is -1.97. The highest BCUT2D eigenvalue weighted by atomic mass is 35.5. The molecule has 2 heterocycles. The van der Waals surface area contributed by atoms with Gasteiger partial charge in [-0.25, -0.2) is 23.1 Å². The largest absolute Gasteiger partial charge is 0.326 e. The molecule has 0 aliphatic carbocycles. The third kappa shape index (κ3) is 11.7. The van der Waals surface area contributed by atoms with Crippen molar-refractivity contribution in [2.45, 2.75) is 26.7 Å². The molecule has 0 aliphatic heterocycles. The molecule has 0 saturated carbocycles. The molecule has 2 aromatic heterocycles. The molecule has 4 aromatic carbocycles. The number of benzene rings is 4. The molecule has 290 valence electrons. The lowest BCUT2D eigenvalue weighted by atomic mass is 10.1. The summed E-state index contributed by atoms with van der Waals surface area (Å²) in [5, 5.41) is 6.16. The van der Waals surface area contributed by atoms with Crippen LogP contribution in [0.2, 0.25) is 10.0 Å². The number of halogens is 5. The van der Waals surface area contributed by atoms with Gasteiger partial charge in [0.25, 0.3) is 0 Å². The maximum absolute atomic E-state index is 13.2. The molecular formula is C42H33Cl2F3N6O4. The molecule has 2 N–H and O–H groups in total. The summed E-state index contributed by atoms with van der Waals surface area (Å²) in [4.78, 5) is 60.0. The third-order valence-electron chi connectivity index (χ3n) is 7.99. The Bertz CT molecular complexity index is 2400. The minimum atomic E-state index is -0.483. The van der Waals surface area contributed by atoms with Crippen molar-refractivity contribution < 1.29 is 32.3 Å². The lowest BCUT2D eigenvalue weighted by Gasteiger charge is -2.20. The van der Waals surface area contributed by atoms with E-state index in [1.807, 2.05) is 6.07 Å². The first kappa shape index (κ1) is 41.6. The zero-order valence-corrected chi connectivity index (χ0v) is 31.9. The zero-order chi connectivity index (χ0) is 41.1. The van der Waals surface area contributed by atoms with Gasteiger partial charge in [0.05, 0.1) is 24.2 Å². The Hall–Kier alpha value is -6.57. The number of anilines is 6. The summed E-state index contributed by atoms with van der Waals surface area (Å²) >= 11 is 12.0. The first-order valence-electron chi connectivity index (χ1n) is 17.1. The molecular weight excluding hydrogens is 780 g/mol. The molecule has 15 heteroatoms. The van der Waals surface area contributed by atoms with Crippen LogP contribution in [0.1, 0.15) is 25.0 Å². The predicted octanol–water partition coefficient (Wildman–Crippen LogP) is 9.62. The third-order valence-corrected chi connectivity index (χ3v) is 8.71.